The topological polar surface area (TPSA) is 140 Å². The van der Waals surface area contributed by atoms with Gasteiger partial charge in [0.2, 0.25) is 0 Å². The molecule has 1 aromatic carbocycles. The molecule has 1 amide bonds. The van der Waals surface area contributed by atoms with Gasteiger partial charge in [-0.2, -0.15) is 18.3 Å². The van der Waals surface area contributed by atoms with Gasteiger partial charge in [0.05, 0.1) is 17.0 Å². The number of carbonyl (C=O) groups is 1. The highest BCUT2D eigenvalue weighted by Crippen LogP contribution is 2.32. The lowest BCUT2D eigenvalue weighted by Gasteiger charge is -2.27. The number of carbonyl (C=O) groups excluding carboxylic acids is 1. The molecule has 1 heterocycles. The fourth-order valence-corrected chi connectivity index (χ4v) is 4.09. The highest BCUT2D eigenvalue weighted by molar-refractivity contribution is 7.92. The number of hydrogen-bond donors (Lipinski definition) is 3. The van der Waals surface area contributed by atoms with Gasteiger partial charge in [0, 0.05) is 31.1 Å². The van der Waals surface area contributed by atoms with Crippen molar-refractivity contribution in [3.63, 3.8) is 0 Å². The van der Waals surface area contributed by atoms with Crippen molar-refractivity contribution in [2.45, 2.75) is 41.8 Å². The number of aliphatic hydroxyl groups excluding tert-OH is 1. The van der Waals surface area contributed by atoms with Crippen molar-refractivity contribution in [3.8, 4) is 0 Å². The van der Waals surface area contributed by atoms with Crippen molar-refractivity contribution < 1.29 is 31.5 Å². The molecule has 1 aliphatic carbocycles. The number of halogens is 3. The van der Waals surface area contributed by atoms with Gasteiger partial charge in [0.1, 0.15) is 5.56 Å². The molecule has 1 unspecified atom stereocenters. The average molecular weight is 459 g/mol. The van der Waals surface area contributed by atoms with Gasteiger partial charge in [-0.1, -0.05) is 0 Å². The van der Waals surface area contributed by atoms with E-state index in [0.717, 1.165) is 24.3 Å². The third kappa shape index (κ3) is 4.56. The van der Waals surface area contributed by atoms with E-state index in [-0.39, 0.29) is 23.1 Å². The van der Waals surface area contributed by atoms with E-state index in [9.17, 15) is 31.5 Å². The van der Waals surface area contributed by atoms with Crippen LogP contribution in [0.2, 0.25) is 0 Å². The second-order valence-electron chi connectivity index (χ2n) is 7.00. The Morgan fingerprint density at radius 2 is 1.94 bits per heavy atom. The third-order valence-corrected chi connectivity index (χ3v) is 6.44. The number of hydrogen-bond acceptors (Lipinski definition) is 7. The minimum atomic E-state index is -5.47. The van der Waals surface area contributed by atoms with E-state index in [1.165, 1.54) is 10.9 Å². The van der Waals surface area contributed by atoms with Crippen LogP contribution in [-0.2, 0) is 9.84 Å². The number of alkyl halides is 3. The van der Waals surface area contributed by atoms with Gasteiger partial charge in [0.15, 0.2) is 5.82 Å². The first kappa shape index (κ1) is 22.7. The van der Waals surface area contributed by atoms with E-state index in [4.69, 9.17) is 5.73 Å². The smallest absolute Gasteiger partial charge is 0.393 e. The Labute approximate surface area is 175 Å². The first-order valence-corrected chi connectivity index (χ1v) is 10.6. The summed E-state index contributed by atoms with van der Waals surface area (Å²) in [5.41, 5.74) is 0.953. The predicted molar refractivity (Wildman–Crippen MR) is 106 cm³/mol. The third-order valence-electron chi connectivity index (χ3n) is 4.94. The van der Waals surface area contributed by atoms with E-state index < -0.39 is 32.3 Å². The average Bonchev–Trinajstić information content (AvgIpc) is 3.11. The molecule has 2 atom stereocenters. The minimum absolute atomic E-state index is 0.0357. The lowest BCUT2D eigenvalue weighted by Crippen LogP contribution is -2.30. The molecule has 9 nitrogen and oxygen atoms in total. The minimum Gasteiger partial charge on any atom is -0.393 e. The van der Waals surface area contributed by atoms with Crippen LogP contribution in [0, 0.1) is 0 Å². The maximum atomic E-state index is 12.7. The Bertz CT molecular complexity index is 1110. The summed E-state index contributed by atoms with van der Waals surface area (Å²) in [4.78, 5) is 15.1. The molecule has 1 saturated carbocycles. The van der Waals surface area contributed by atoms with Crippen LogP contribution in [0.5, 0.6) is 0 Å². The number of nitrogens with one attached hydrogen (secondary N) is 1. The number of nitrogens with two attached hydrogens (primary N) is 1. The van der Waals surface area contributed by atoms with Crippen LogP contribution in [0.15, 0.2) is 40.4 Å². The molecule has 0 bridgehead atoms. The van der Waals surface area contributed by atoms with E-state index in [0.29, 0.717) is 25.0 Å². The quantitative estimate of drug-likeness (QED) is 0.626. The SMILES string of the molecule is CN=C1CC(O)CC[C@@H]1n1cc(C(N)=O)c(Nc2ccc(S(=O)(=O)C(F)(F)F)cc2)n1. The molecule has 1 fully saturated rings. The Balaban J connectivity index is 1.89. The Morgan fingerprint density at radius 1 is 1.29 bits per heavy atom. The van der Waals surface area contributed by atoms with Crippen molar-refractivity contribution in [3.05, 3.63) is 36.0 Å². The van der Waals surface area contributed by atoms with Crippen LogP contribution in [0.25, 0.3) is 0 Å². The molecule has 3 rings (SSSR count). The molecule has 0 radical (unpaired) electrons. The number of anilines is 2. The Morgan fingerprint density at radius 3 is 2.48 bits per heavy atom. The van der Waals surface area contributed by atoms with Gasteiger partial charge >= 0.3 is 5.51 Å². The van der Waals surface area contributed by atoms with Crippen molar-refractivity contribution >= 4 is 33.0 Å². The van der Waals surface area contributed by atoms with Crippen LogP contribution in [0.1, 0.15) is 35.7 Å². The molecule has 4 N–H and O–H groups in total. The van der Waals surface area contributed by atoms with Gasteiger partial charge < -0.3 is 16.2 Å². The molecule has 0 saturated heterocycles. The molecule has 2 aromatic rings. The zero-order valence-corrected chi connectivity index (χ0v) is 17.1. The van der Waals surface area contributed by atoms with Gasteiger partial charge in [-0.25, -0.2) is 8.42 Å². The van der Waals surface area contributed by atoms with Crippen molar-refractivity contribution in [1.82, 2.24) is 9.78 Å². The molecular formula is C18H20F3N5O4S. The lowest BCUT2D eigenvalue weighted by molar-refractivity contribution is -0.0436. The van der Waals surface area contributed by atoms with Crippen molar-refractivity contribution in [2.24, 2.45) is 10.7 Å². The monoisotopic (exact) mass is 459 g/mol. The summed E-state index contributed by atoms with van der Waals surface area (Å²) >= 11 is 0. The first-order valence-electron chi connectivity index (χ1n) is 9.15. The maximum Gasteiger partial charge on any atom is 0.501 e. The number of primary amides is 1. The summed E-state index contributed by atoms with van der Waals surface area (Å²) in [6.07, 6.45) is 2.35. The number of aliphatic hydroxyl groups is 1. The summed E-state index contributed by atoms with van der Waals surface area (Å²) in [6.45, 7) is 0. The maximum absolute atomic E-state index is 12.7. The van der Waals surface area contributed by atoms with Crippen LogP contribution in [-0.4, -0.2) is 53.6 Å². The molecule has 1 aromatic heterocycles. The van der Waals surface area contributed by atoms with Gasteiger partial charge in [0.25, 0.3) is 15.7 Å². The molecular weight excluding hydrogens is 439 g/mol. The lowest BCUT2D eigenvalue weighted by atomic mass is 9.91. The number of sulfone groups is 1. The second-order valence-corrected chi connectivity index (χ2v) is 8.94. The number of rotatable bonds is 5. The van der Waals surface area contributed by atoms with Gasteiger partial charge in [-0.15, -0.1) is 0 Å². The normalized spacial score (nSPS) is 21.3. The standard InChI is InChI=1S/C18H20F3N5O4S/c1-23-14-8-11(27)4-7-15(14)26-9-13(16(22)28)17(25-26)24-10-2-5-12(6-3-10)31(29,30)18(19,20)21/h2-3,5-6,9,11,15,27H,4,7-8H2,1H3,(H2,22,28)(H,24,25)/t11?,15-/m0/s1. The van der Waals surface area contributed by atoms with E-state index in [2.05, 4.69) is 15.4 Å². The van der Waals surface area contributed by atoms with E-state index in [1.54, 1.807) is 7.05 Å². The van der Waals surface area contributed by atoms with Crippen LogP contribution < -0.4 is 11.1 Å². The molecule has 13 heteroatoms. The van der Waals surface area contributed by atoms with Gasteiger partial charge in [-0.05, 0) is 37.1 Å². The molecule has 31 heavy (non-hydrogen) atoms. The molecule has 168 valence electrons. The summed E-state index contributed by atoms with van der Waals surface area (Å²) < 4.78 is 62.5. The number of amides is 1. The number of aromatic nitrogens is 2. The number of benzene rings is 1. The summed E-state index contributed by atoms with van der Waals surface area (Å²) in [5.74, 6) is -0.726. The second kappa shape index (κ2) is 8.30. The van der Waals surface area contributed by atoms with Crippen molar-refractivity contribution in [1.29, 1.82) is 0 Å². The zero-order chi connectivity index (χ0) is 23.0. The molecule has 1 aliphatic rings. The molecule has 0 aliphatic heterocycles. The summed E-state index contributed by atoms with van der Waals surface area (Å²) in [7, 11) is -3.88. The van der Waals surface area contributed by atoms with E-state index in [1.807, 2.05) is 0 Å². The van der Waals surface area contributed by atoms with Crippen LogP contribution >= 0.6 is 0 Å². The fourth-order valence-electron chi connectivity index (χ4n) is 3.33. The molecule has 0 spiro atoms. The largest absolute Gasteiger partial charge is 0.501 e. The first-order chi connectivity index (χ1) is 14.4. The Hall–Kier alpha value is -2.93. The predicted octanol–water partition coefficient (Wildman–Crippen LogP) is 2.18. The van der Waals surface area contributed by atoms with Crippen LogP contribution in [0.4, 0.5) is 24.7 Å². The van der Waals surface area contributed by atoms with E-state index >= 15 is 0 Å². The Kier molecular flexibility index (Phi) is 6.09. The van der Waals surface area contributed by atoms with Gasteiger partial charge in [-0.3, -0.25) is 14.5 Å². The zero-order valence-electron chi connectivity index (χ0n) is 16.3. The number of nitrogens with zero attached hydrogens (tertiary/aromatic N) is 3. The fraction of sp³-hybridized carbons (Fsp3) is 0.389. The van der Waals surface area contributed by atoms with Crippen molar-refractivity contribution in [2.75, 3.05) is 12.4 Å². The summed E-state index contributed by atoms with van der Waals surface area (Å²) in [5, 5.41) is 16.9. The summed E-state index contributed by atoms with van der Waals surface area (Å²) in [6, 6.07) is 3.56. The highest BCUT2D eigenvalue weighted by Gasteiger charge is 2.46. The highest BCUT2D eigenvalue weighted by atomic mass is 32.2. The number of aliphatic imine (C=N–C) groups is 1. The van der Waals surface area contributed by atoms with Crippen LogP contribution in [0.3, 0.4) is 0 Å².